The van der Waals surface area contributed by atoms with Crippen LogP contribution in [0.1, 0.15) is 33.3 Å². The number of carbonyl (C=O) groups excluding carboxylic acids is 1. The number of anilines is 2. The second kappa shape index (κ2) is 7.57. The monoisotopic (exact) mass is 348 g/mol. The second-order valence-corrected chi connectivity index (χ2v) is 6.65. The fourth-order valence-corrected chi connectivity index (χ4v) is 3.46. The Morgan fingerprint density at radius 1 is 1.17 bits per heavy atom. The zero-order valence-corrected chi connectivity index (χ0v) is 15.3. The third-order valence-corrected chi connectivity index (χ3v) is 4.67. The van der Waals surface area contributed by atoms with Gasteiger partial charge in [0.05, 0.1) is 11.6 Å². The highest BCUT2D eigenvalue weighted by atomic mass is 32.1. The van der Waals surface area contributed by atoms with Gasteiger partial charge < -0.3 is 15.4 Å². The zero-order valence-electron chi connectivity index (χ0n) is 13.6. The average Bonchev–Trinajstić information content (AvgIpc) is 2.84. The first-order valence-corrected chi connectivity index (χ1v) is 8.56. The van der Waals surface area contributed by atoms with Crippen molar-refractivity contribution in [3.8, 4) is 0 Å². The molecule has 0 fully saturated rings. The highest BCUT2D eigenvalue weighted by Crippen LogP contribution is 2.28. The van der Waals surface area contributed by atoms with Gasteiger partial charge in [0.2, 0.25) is 0 Å². The van der Waals surface area contributed by atoms with Gasteiger partial charge in [-0.3, -0.25) is 0 Å². The number of ether oxygens (including phenoxy) is 1. The van der Waals surface area contributed by atoms with Gasteiger partial charge in [0.15, 0.2) is 5.11 Å². The summed E-state index contributed by atoms with van der Waals surface area (Å²) in [5.41, 5.74) is 4.14. The summed E-state index contributed by atoms with van der Waals surface area (Å²) in [7, 11) is 0. The highest BCUT2D eigenvalue weighted by molar-refractivity contribution is 7.80. The van der Waals surface area contributed by atoms with Crippen LogP contribution in [0.4, 0.5) is 10.7 Å². The summed E-state index contributed by atoms with van der Waals surface area (Å²) >= 11 is 6.72. The summed E-state index contributed by atoms with van der Waals surface area (Å²) in [6.07, 6.45) is 0. The van der Waals surface area contributed by atoms with Crippen molar-refractivity contribution in [3.05, 3.63) is 45.8 Å². The Morgan fingerprint density at radius 3 is 2.43 bits per heavy atom. The van der Waals surface area contributed by atoms with E-state index in [2.05, 4.69) is 10.6 Å². The summed E-state index contributed by atoms with van der Waals surface area (Å²) in [5, 5.41) is 7.67. The van der Waals surface area contributed by atoms with E-state index in [1.165, 1.54) is 11.3 Å². The van der Waals surface area contributed by atoms with E-state index < -0.39 is 0 Å². The van der Waals surface area contributed by atoms with Crippen molar-refractivity contribution < 1.29 is 9.53 Å². The van der Waals surface area contributed by atoms with Gasteiger partial charge in [-0.05, 0) is 62.7 Å². The number of esters is 1. The van der Waals surface area contributed by atoms with Gasteiger partial charge in [0, 0.05) is 5.69 Å². The van der Waals surface area contributed by atoms with Gasteiger partial charge >= 0.3 is 5.97 Å². The number of thiophene rings is 1. The van der Waals surface area contributed by atoms with Crippen molar-refractivity contribution in [2.45, 2.75) is 27.7 Å². The lowest BCUT2D eigenvalue weighted by Gasteiger charge is -2.13. The number of thiocarbonyl (C=S) groups is 1. The molecule has 122 valence electrons. The first-order chi connectivity index (χ1) is 10.9. The number of aryl methyl sites for hydroxylation is 3. The summed E-state index contributed by atoms with van der Waals surface area (Å²) in [6.45, 7) is 8.11. The summed E-state index contributed by atoms with van der Waals surface area (Å²) in [5.74, 6) is -0.295. The van der Waals surface area contributed by atoms with Crippen LogP contribution in [0.5, 0.6) is 0 Å². The number of nitrogens with one attached hydrogen (secondary N) is 2. The predicted molar refractivity (Wildman–Crippen MR) is 101 cm³/mol. The Bertz CT molecular complexity index is 718. The second-order valence-electron chi connectivity index (χ2n) is 5.19. The van der Waals surface area contributed by atoms with E-state index in [4.69, 9.17) is 17.0 Å². The van der Waals surface area contributed by atoms with E-state index >= 15 is 0 Å². The molecule has 2 rings (SSSR count). The molecule has 6 heteroatoms. The molecule has 0 aliphatic heterocycles. The van der Waals surface area contributed by atoms with Gasteiger partial charge in [0.25, 0.3) is 0 Å². The van der Waals surface area contributed by atoms with Crippen LogP contribution in [0, 0.1) is 20.8 Å². The van der Waals surface area contributed by atoms with Crippen molar-refractivity contribution >= 4 is 45.3 Å². The molecule has 0 amide bonds. The molecular formula is C17H20N2O2S2. The molecule has 0 atom stereocenters. The van der Waals surface area contributed by atoms with Crippen molar-refractivity contribution in [1.29, 1.82) is 0 Å². The summed E-state index contributed by atoms with van der Waals surface area (Å²) in [4.78, 5) is 12.5. The number of benzene rings is 1. The van der Waals surface area contributed by atoms with E-state index in [9.17, 15) is 4.79 Å². The molecule has 2 N–H and O–H groups in total. The molecule has 2 aromatic rings. The molecule has 0 unspecified atom stereocenters. The Labute approximate surface area is 145 Å². The first kappa shape index (κ1) is 17.4. The molecule has 0 radical (unpaired) electrons. The molecule has 0 aliphatic rings. The maximum Gasteiger partial charge on any atom is 0.348 e. The number of rotatable bonds is 4. The maximum absolute atomic E-state index is 11.9. The van der Waals surface area contributed by atoms with Crippen LogP contribution in [-0.4, -0.2) is 17.7 Å². The minimum absolute atomic E-state index is 0.295. The standard InChI is InChI=1S/C17H20N2O2S2/c1-5-21-16(20)15-12(4)9-13(23-15)18-17(22)19-14-10(2)7-6-8-11(14)3/h6-9H,5H2,1-4H3,(H2,18,19,22). The molecule has 4 nitrogen and oxygen atoms in total. The van der Waals surface area contributed by atoms with Crippen LogP contribution in [0.25, 0.3) is 0 Å². The molecular weight excluding hydrogens is 328 g/mol. The predicted octanol–water partition coefficient (Wildman–Crippen LogP) is 4.66. The molecule has 23 heavy (non-hydrogen) atoms. The van der Waals surface area contributed by atoms with Crippen LogP contribution >= 0.6 is 23.6 Å². The lowest BCUT2D eigenvalue weighted by molar-refractivity contribution is 0.0531. The topological polar surface area (TPSA) is 50.4 Å². The van der Waals surface area contributed by atoms with E-state index in [1.807, 2.05) is 45.0 Å². The van der Waals surface area contributed by atoms with Crippen LogP contribution in [-0.2, 0) is 4.74 Å². The fourth-order valence-electron chi connectivity index (χ4n) is 2.21. The van der Waals surface area contributed by atoms with E-state index in [0.717, 1.165) is 27.4 Å². The van der Waals surface area contributed by atoms with Crippen molar-refractivity contribution in [1.82, 2.24) is 0 Å². The van der Waals surface area contributed by atoms with Crippen molar-refractivity contribution in [3.63, 3.8) is 0 Å². The van der Waals surface area contributed by atoms with E-state index in [0.29, 0.717) is 16.6 Å². The van der Waals surface area contributed by atoms with Crippen molar-refractivity contribution in [2.24, 2.45) is 0 Å². The number of hydrogen-bond donors (Lipinski definition) is 2. The Kier molecular flexibility index (Phi) is 5.74. The van der Waals surface area contributed by atoms with Crippen LogP contribution < -0.4 is 10.6 Å². The van der Waals surface area contributed by atoms with Gasteiger partial charge in [-0.15, -0.1) is 11.3 Å². The van der Waals surface area contributed by atoms with E-state index in [1.54, 1.807) is 6.92 Å². The lowest BCUT2D eigenvalue weighted by Crippen LogP contribution is -2.19. The molecule has 0 saturated heterocycles. The lowest BCUT2D eigenvalue weighted by atomic mass is 10.1. The first-order valence-electron chi connectivity index (χ1n) is 7.34. The largest absolute Gasteiger partial charge is 0.462 e. The minimum Gasteiger partial charge on any atom is -0.462 e. The molecule has 0 spiro atoms. The van der Waals surface area contributed by atoms with Gasteiger partial charge in [-0.25, -0.2) is 4.79 Å². The highest BCUT2D eigenvalue weighted by Gasteiger charge is 2.15. The smallest absolute Gasteiger partial charge is 0.348 e. The van der Waals surface area contributed by atoms with Crippen molar-refractivity contribution in [2.75, 3.05) is 17.2 Å². The maximum atomic E-state index is 11.9. The number of carbonyl (C=O) groups is 1. The molecule has 0 saturated carbocycles. The number of para-hydroxylation sites is 1. The van der Waals surface area contributed by atoms with Crippen LogP contribution in [0.2, 0.25) is 0 Å². The van der Waals surface area contributed by atoms with E-state index in [-0.39, 0.29) is 5.97 Å². The third kappa shape index (κ3) is 4.30. The van der Waals surface area contributed by atoms with Gasteiger partial charge in [-0.2, -0.15) is 0 Å². The normalized spacial score (nSPS) is 10.3. The average molecular weight is 348 g/mol. The fraction of sp³-hybridized carbons (Fsp3) is 0.294. The Balaban J connectivity index is 2.09. The quantitative estimate of drug-likeness (QED) is 0.622. The molecule has 1 heterocycles. The molecule has 1 aromatic carbocycles. The van der Waals surface area contributed by atoms with Crippen LogP contribution in [0.15, 0.2) is 24.3 Å². The molecule has 0 bridgehead atoms. The van der Waals surface area contributed by atoms with Gasteiger partial charge in [0.1, 0.15) is 4.88 Å². The molecule has 1 aromatic heterocycles. The summed E-state index contributed by atoms with van der Waals surface area (Å²) < 4.78 is 5.05. The van der Waals surface area contributed by atoms with Crippen LogP contribution in [0.3, 0.4) is 0 Å². The molecule has 0 aliphatic carbocycles. The Hall–Kier alpha value is -1.92. The number of hydrogen-bond acceptors (Lipinski definition) is 4. The summed E-state index contributed by atoms with van der Waals surface area (Å²) in [6, 6.07) is 7.98. The Morgan fingerprint density at radius 2 is 1.83 bits per heavy atom. The zero-order chi connectivity index (χ0) is 17.0. The van der Waals surface area contributed by atoms with Gasteiger partial charge in [-0.1, -0.05) is 18.2 Å². The SMILES string of the molecule is CCOC(=O)c1sc(NC(=S)Nc2c(C)cccc2C)cc1C. The third-order valence-electron chi connectivity index (χ3n) is 3.33. The minimum atomic E-state index is -0.295.